The van der Waals surface area contributed by atoms with Gasteiger partial charge in [-0.3, -0.25) is 0 Å². The van der Waals surface area contributed by atoms with Crippen LogP contribution in [0.2, 0.25) is 0 Å². The zero-order valence-corrected chi connectivity index (χ0v) is 11.8. The van der Waals surface area contributed by atoms with Crippen LogP contribution in [0.4, 0.5) is 0 Å². The number of fused-ring (bicyclic) bond motifs is 1. The molecule has 1 aliphatic carbocycles. The molecule has 2 aromatic rings. The summed E-state index contributed by atoms with van der Waals surface area (Å²) in [5.74, 6) is 1.07. The van der Waals surface area contributed by atoms with Gasteiger partial charge in [-0.25, -0.2) is 4.98 Å². The van der Waals surface area contributed by atoms with Gasteiger partial charge in [0.05, 0.1) is 0 Å². The lowest BCUT2D eigenvalue weighted by Crippen LogP contribution is -2.07. The third-order valence-electron chi connectivity index (χ3n) is 3.76. The van der Waals surface area contributed by atoms with Crippen LogP contribution in [0.5, 0.6) is 11.6 Å². The van der Waals surface area contributed by atoms with Crippen molar-refractivity contribution in [2.45, 2.75) is 32.2 Å². The van der Waals surface area contributed by atoms with E-state index in [-0.39, 0.29) is 0 Å². The number of hydrogen-bond donors (Lipinski definition) is 1. The van der Waals surface area contributed by atoms with E-state index in [0.29, 0.717) is 23.7 Å². The van der Waals surface area contributed by atoms with Gasteiger partial charge in [0.2, 0.25) is 5.88 Å². The molecular weight excluding hydrogens is 262 g/mol. The number of hydrogen-bond acceptors (Lipinski definition) is 4. The second kappa shape index (κ2) is 5.94. The summed E-state index contributed by atoms with van der Waals surface area (Å²) in [5, 5.41) is 9.29. The highest BCUT2D eigenvalue weighted by atomic mass is 16.5. The quantitative estimate of drug-likeness (QED) is 0.937. The van der Waals surface area contributed by atoms with E-state index in [4.69, 9.17) is 10.5 Å². The molecular formula is C17H17N3O. The maximum Gasteiger partial charge on any atom is 0.237 e. The summed E-state index contributed by atoms with van der Waals surface area (Å²) in [4.78, 5) is 4.55. The van der Waals surface area contributed by atoms with Crippen molar-refractivity contribution in [2.75, 3.05) is 0 Å². The van der Waals surface area contributed by atoms with E-state index in [9.17, 15) is 5.26 Å². The minimum absolute atomic E-state index is 0.402. The van der Waals surface area contributed by atoms with Crippen molar-refractivity contribution in [3.63, 3.8) is 0 Å². The molecule has 0 saturated heterocycles. The Morgan fingerprint density at radius 3 is 2.67 bits per heavy atom. The van der Waals surface area contributed by atoms with Crippen LogP contribution in [0.1, 0.15) is 35.2 Å². The van der Waals surface area contributed by atoms with Crippen LogP contribution in [0.3, 0.4) is 0 Å². The van der Waals surface area contributed by atoms with Gasteiger partial charge in [0, 0.05) is 12.2 Å². The predicted molar refractivity (Wildman–Crippen MR) is 80.0 cm³/mol. The zero-order valence-electron chi connectivity index (χ0n) is 11.8. The van der Waals surface area contributed by atoms with Crippen molar-refractivity contribution in [3.05, 3.63) is 52.7 Å². The van der Waals surface area contributed by atoms with E-state index in [1.165, 1.54) is 12.0 Å². The zero-order chi connectivity index (χ0) is 14.7. The minimum atomic E-state index is 0.402. The molecule has 1 aromatic heterocycles. The Bertz CT molecular complexity index is 686. The molecule has 3 rings (SSSR count). The molecule has 4 nitrogen and oxygen atoms in total. The van der Waals surface area contributed by atoms with Crippen LogP contribution >= 0.6 is 0 Å². The van der Waals surface area contributed by atoms with Crippen molar-refractivity contribution in [1.29, 1.82) is 5.26 Å². The van der Waals surface area contributed by atoms with Crippen molar-refractivity contribution < 1.29 is 4.74 Å². The highest BCUT2D eigenvalue weighted by Crippen LogP contribution is 2.28. The summed E-state index contributed by atoms with van der Waals surface area (Å²) in [7, 11) is 0. The van der Waals surface area contributed by atoms with Gasteiger partial charge in [0.1, 0.15) is 17.4 Å². The van der Waals surface area contributed by atoms with Crippen molar-refractivity contribution in [1.82, 2.24) is 4.98 Å². The lowest BCUT2D eigenvalue weighted by atomic mass is 9.95. The molecule has 0 fully saturated rings. The fraction of sp³-hybridized carbons (Fsp3) is 0.294. The summed E-state index contributed by atoms with van der Waals surface area (Å²) in [6.07, 6.45) is 4.28. The molecule has 0 bridgehead atoms. The standard InChI is InChI=1S/C17H17N3O/c18-10-12-5-7-15(8-6-12)21-17-14(11-19)9-13-3-1-2-4-16(13)20-17/h5-9H,1-4,10,18H2. The van der Waals surface area contributed by atoms with Gasteiger partial charge < -0.3 is 10.5 Å². The normalized spacial score (nSPS) is 13.3. The number of nitriles is 1. The fourth-order valence-electron chi connectivity index (χ4n) is 2.58. The van der Waals surface area contributed by atoms with E-state index in [2.05, 4.69) is 11.1 Å². The molecule has 0 amide bonds. The highest BCUT2D eigenvalue weighted by Gasteiger charge is 2.16. The van der Waals surface area contributed by atoms with E-state index >= 15 is 0 Å². The third-order valence-corrected chi connectivity index (χ3v) is 3.76. The number of nitrogens with zero attached hydrogens (tertiary/aromatic N) is 2. The molecule has 4 heteroatoms. The second-order valence-electron chi connectivity index (χ2n) is 5.22. The number of pyridine rings is 1. The van der Waals surface area contributed by atoms with Crippen LogP contribution in [0.25, 0.3) is 0 Å². The lowest BCUT2D eigenvalue weighted by molar-refractivity contribution is 0.456. The summed E-state index contributed by atoms with van der Waals surface area (Å²) in [5.41, 5.74) is 9.37. The van der Waals surface area contributed by atoms with E-state index in [1.807, 2.05) is 30.3 Å². The van der Waals surface area contributed by atoms with Crippen LogP contribution in [-0.2, 0) is 19.4 Å². The van der Waals surface area contributed by atoms with E-state index < -0.39 is 0 Å². The number of ether oxygens (including phenoxy) is 1. The van der Waals surface area contributed by atoms with Crippen molar-refractivity contribution >= 4 is 0 Å². The van der Waals surface area contributed by atoms with Gasteiger partial charge in [-0.05, 0) is 55.0 Å². The van der Waals surface area contributed by atoms with Crippen LogP contribution in [0, 0.1) is 11.3 Å². The first-order valence-corrected chi connectivity index (χ1v) is 7.20. The van der Waals surface area contributed by atoms with Gasteiger partial charge in [-0.1, -0.05) is 12.1 Å². The van der Waals surface area contributed by atoms with Crippen molar-refractivity contribution in [3.8, 4) is 17.7 Å². The SMILES string of the molecule is N#Cc1cc2c(nc1Oc1ccc(CN)cc1)CCCC2. The largest absolute Gasteiger partial charge is 0.438 e. The van der Waals surface area contributed by atoms with Gasteiger partial charge in [-0.2, -0.15) is 5.26 Å². The number of benzene rings is 1. The predicted octanol–water partition coefficient (Wildman–Crippen LogP) is 3.08. The first-order chi connectivity index (χ1) is 10.3. The smallest absolute Gasteiger partial charge is 0.237 e. The Balaban J connectivity index is 1.91. The minimum Gasteiger partial charge on any atom is -0.438 e. The molecule has 0 unspecified atom stereocenters. The molecule has 1 aliphatic rings. The summed E-state index contributed by atoms with van der Waals surface area (Å²) < 4.78 is 5.79. The Morgan fingerprint density at radius 2 is 1.95 bits per heavy atom. The highest BCUT2D eigenvalue weighted by molar-refractivity contribution is 5.45. The van der Waals surface area contributed by atoms with E-state index in [1.54, 1.807) is 0 Å². The van der Waals surface area contributed by atoms with Gasteiger partial charge >= 0.3 is 0 Å². The van der Waals surface area contributed by atoms with E-state index in [0.717, 1.165) is 30.5 Å². The molecule has 2 N–H and O–H groups in total. The molecule has 0 atom stereocenters. The summed E-state index contributed by atoms with van der Waals surface area (Å²) >= 11 is 0. The Labute approximate surface area is 124 Å². The Morgan fingerprint density at radius 1 is 1.19 bits per heavy atom. The Kier molecular flexibility index (Phi) is 3.85. The fourth-order valence-corrected chi connectivity index (χ4v) is 2.58. The molecule has 1 heterocycles. The topological polar surface area (TPSA) is 71.9 Å². The molecule has 0 radical (unpaired) electrons. The average molecular weight is 279 g/mol. The number of aryl methyl sites for hydroxylation is 2. The van der Waals surface area contributed by atoms with Crippen molar-refractivity contribution in [2.24, 2.45) is 5.73 Å². The maximum atomic E-state index is 9.29. The number of rotatable bonds is 3. The summed E-state index contributed by atoms with van der Waals surface area (Å²) in [6.45, 7) is 0.501. The number of nitrogens with two attached hydrogens (primary N) is 1. The van der Waals surface area contributed by atoms with Crippen LogP contribution in [0.15, 0.2) is 30.3 Å². The molecule has 1 aromatic carbocycles. The molecule has 0 saturated carbocycles. The monoisotopic (exact) mass is 279 g/mol. The first kappa shape index (κ1) is 13.6. The maximum absolute atomic E-state index is 9.29. The summed E-state index contributed by atoms with van der Waals surface area (Å²) in [6, 6.07) is 11.6. The average Bonchev–Trinajstić information content (AvgIpc) is 2.55. The number of aromatic nitrogens is 1. The van der Waals surface area contributed by atoms with Crippen LogP contribution < -0.4 is 10.5 Å². The van der Waals surface area contributed by atoms with Gasteiger partial charge in [-0.15, -0.1) is 0 Å². The molecule has 0 spiro atoms. The molecule has 106 valence electrons. The van der Waals surface area contributed by atoms with Crippen LogP contribution in [-0.4, -0.2) is 4.98 Å². The first-order valence-electron chi connectivity index (χ1n) is 7.20. The third kappa shape index (κ3) is 2.88. The van der Waals surface area contributed by atoms with Gasteiger partial charge in [0.25, 0.3) is 0 Å². The van der Waals surface area contributed by atoms with Gasteiger partial charge in [0.15, 0.2) is 0 Å². The second-order valence-corrected chi connectivity index (χ2v) is 5.22. The lowest BCUT2D eigenvalue weighted by Gasteiger charge is -2.16. The Hall–Kier alpha value is -2.38. The molecule has 0 aliphatic heterocycles. The molecule has 21 heavy (non-hydrogen) atoms.